The molecule has 134 valence electrons. The SMILES string of the molecule is CN=C(NCCC(C)C)NCc1cccc(OCc2ccccn2)c1. The van der Waals surface area contributed by atoms with Crippen molar-refractivity contribution in [1.29, 1.82) is 0 Å². The minimum absolute atomic E-state index is 0.468. The van der Waals surface area contributed by atoms with Crippen molar-refractivity contribution in [3.8, 4) is 5.75 Å². The maximum Gasteiger partial charge on any atom is 0.191 e. The largest absolute Gasteiger partial charge is 0.487 e. The van der Waals surface area contributed by atoms with Gasteiger partial charge in [0.2, 0.25) is 0 Å². The number of nitrogens with zero attached hydrogens (tertiary/aromatic N) is 2. The first kappa shape index (κ1) is 18.8. The summed E-state index contributed by atoms with van der Waals surface area (Å²) in [5.74, 6) is 2.34. The number of guanidine groups is 1. The van der Waals surface area contributed by atoms with Crippen molar-refractivity contribution in [3.63, 3.8) is 0 Å². The van der Waals surface area contributed by atoms with E-state index in [1.165, 1.54) is 0 Å². The van der Waals surface area contributed by atoms with E-state index in [1.54, 1.807) is 13.2 Å². The van der Waals surface area contributed by atoms with Crippen molar-refractivity contribution < 1.29 is 4.74 Å². The second kappa shape index (κ2) is 10.3. The molecule has 25 heavy (non-hydrogen) atoms. The van der Waals surface area contributed by atoms with Crippen LogP contribution in [0.3, 0.4) is 0 Å². The molecular weight excluding hydrogens is 312 g/mol. The molecule has 0 fully saturated rings. The Bertz CT molecular complexity index is 656. The highest BCUT2D eigenvalue weighted by Crippen LogP contribution is 2.14. The number of aromatic nitrogens is 1. The van der Waals surface area contributed by atoms with E-state index < -0.39 is 0 Å². The van der Waals surface area contributed by atoms with Crippen molar-refractivity contribution in [3.05, 3.63) is 59.9 Å². The average molecular weight is 340 g/mol. The minimum atomic E-state index is 0.468. The first-order valence-electron chi connectivity index (χ1n) is 8.73. The molecule has 5 nitrogen and oxygen atoms in total. The fourth-order valence-electron chi connectivity index (χ4n) is 2.27. The van der Waals surface area contributed by atoms with Gasteiger partial charge in [0.15, 0.2) is 5.96 Å². The normalized spacial score (nSPS) is 11.4. The van der Waals surface area contributed by atoms with E-state index >= 15 is 0 Å². The molecule has 0 atom stereocenters. The van der Waals surface area contributed by atoms with E-state index in [2.05, 4.69) is 40.5 Å². The van der Waals surface area contributed by atoms with Gasteiger partial charge in [-0.3, -0.25) is 9.98 Å². The van der Waals surface area contributed by atoms with Gasteiger partial charge in [-0.25, -0.2) is 0 Å². The fraction of sp³-hybridized carbons (Fsp3) is 0.400. The van der Waals surface area contributed by atoms with Crippen LogP contribution in [-0.4, -0.2) is 24.5 Å². The molecule has 0 bridgehead atoms. The predicted molar refractivity (Wildman–Crippen MR) is 103 cm³/mol. The Labute approximate surface area is 150 Å². The summed E-state index contributed by atoms with van der Waals surface area (Å²) in [5, 5.41) is 6.66. The first-order chi connectivity index (χ1) is 12.2. The van der Waals surface area contributed by atoms with Gasteiger partial charge in [0, 0.05) is 26.3 Å². The van der Waals surface area contributed by atoms with Crippen LogP contribution in [0.2, 0.25) is 0 Å². The maximum absolute atomic E-state index is 5.82. The molecule has 0 saturated heterocycles. The summed E-state index contributed by atoms with van der Waals surface area (Å²) in [6.07, 6.45) is 2.90. The lowest BCUT2D eigenvalue weighted by Crippen LogP contribution is -2.37. The Morgan fingerprint density at radius 2 is 2.04 bits per heavy atom. The molecule has 2 N–H and O–H groups in total. The zero-order chi connectivity index (χ0) is 17.9. The van der Waals surface area contributed by atoms with Gasteiger partial charge >= 0.3 is 0 Å². The molecule has 1 heterocycles. The van der Waals surface area contributed by atoms with Gasteiger partial charge in [0.25, 0.3) is 0 Å². The number of benzene rings is 1. The molecule has 0 saturated carbocycles. The summed E-state index contributed by atoms with van der Waals surface area (Å²) in [5.41, 5.74) is 2.06. The van der Waals surface area contributed by atoms with Gasteiger partial charge < -0.3 is 15.4 Å². The summed E-state index contributed by atoms with van der Waals surface area (Å²) >= 11 is 0. The van der Waals surface area contributed by atoms with Crippen LogP contribution in [-0.2, 0) is 13.2 Å². The van der Waals surface area contributed by atoms with Crippen LogP contribution in [0.1, 0.15) is 31.5 Å². The Morgan fingerprint density at radius 1 is 1.16 bits per heavy atom. The molecule has 0 radical (unpaired) electrons. The van der Waals surface area contributed by atoms with Crippen LogP contribution in [0.25, 0.3) is 0 Å². The highest BCUT2D eigenvalue weighted by Gasteiger charge is 2.02. The third kappa shape index (κ3) is 7.25. The highest BCUT2D eigenvalue weighted by molar-refractivity contribution is 5.79. The molecule has 2 aromatic rings. The number of nitrogens with one attached hydrogen (secondary N) is 2. The lowest BCUT2D eigenvalue weighted by molar-refractivity contribution is 0.301. The Kier molecular flexibility index (Phi) is 7.76. The van der Waals surface area contributed by atoms with Gasteiger partial charge in [-0.15, -0.1) is 0 Å². The van der Waals surface area contributed by atoms with Crippen LogP contribution in [0.15, 0.2) is 53.7 Å². The quantitative estimate of drug-likeness (QED) is 0.571. The smallest absolute Gasteiger partial charge is 0.191 e. The summed E-state index contributed by atoms with van der Waals surface area (Å²) in [6, 6.07) is 13.9. The third-order valence-electron chi connectivity index (χ3n) is 3.71. The Hall–Kier alpha value is -2.56. The summed E-state index contributed by atoms with van der Waals surface area (Å²) < 4.78 is 5.82. The Morgan fingerprint density at radius 3 is 2.76 bits per heavy atom. The number of aliphatic imine (C=N–C) groups is 1. The zero-order valence-electron chi connectivity index (χ0n) is 15.3. The van der Waals surface area contributed by atoms with Crippen LogP contribution in [0.4, 0.5) is 0 Å². The maximum atomic E-state index is 5.82. The second-order valence-corrected chi connectivity index (χ2v) is 6.29. The molecular formula is C20H28N4O. The van der Waals surface area contributed by atoms with Crippen molar-refractivity contribution in [2.75, 3.05) is 13.6 Å². The molecule has 0 spiro atoms. The monoisotopic (exact) mass is 340 g/mol. The molecule has 0 aliphatic heterocycles. The predicted octanol–water partition coefficient (Wildman–Crippen LogP) is 3.37. The van der Waals surface area contributed by atoms with E-state index in [9.17, 15) is 0 Å². The molecule has 1 aromatic heterocycles. The molecule has 0 aliphatic rings. The summed E-state index contributed by atoms with van der Waals surface area (Å²) in [7, 11) is 1.79. The fourth-order valence-corrected chi connectivity index (χ4v) is 2.27. The molecule has 0 amide bonds. The van der Waals surface area contributed by atoms with Crippen LogP contribution < -0.4 is 15.4 Å². The topological polar surface area (TPSA) is 58.5 Å². The van der Waals surface area contributed by atoms with Gasteiger partial charge in [0.1, 0.15) is 12.4 Å². The Balaban J connectivity index is 1.82. The van der Waals surface area contributed by atoms with Gasteiger partial charge in [-0.2, -0.15) is 0 Å². The first-order valence-corrected chi connectivity index (χ1v) is 8.73. The van der Waals surface area contributed by atoms with Crippen molar-refractivity contribution in [1.82, 2.24) is 15.6 Å². The summed E-state index contributed by atoms with van der Waals surface area (Å²) in [4.78, 5) is 8.52. The van der Waals surface area contributed by atoms with Crippen LogP contribution in [0, 0.1) is 5.92 Å². The standard InChI is InChI=1S/C20H28N4O/c1-16(2)10-12-23-20(21-3)24-14-17-7-6-9-19(13-17)25-15-18-8-4-5-11-22-18/h4-9,11,13,16H,10,12,14-15H2,1-3H3,(H2,21,23,24). The van der Waals surface area contributed by atoms with Crippen LogP contribution >= 0.6 is 0 Å². The number of hydrogen-bond acceptors (Lipinski definition) is 3. The summed E-state index contributed by atoms with van der Waals surface area (Å²) in [6.45, 7) is 6.52. The average Bonchev–Trinajstić information content (AvgIpc) is 2.64. The number of pyridine rings is 1. The zero-order valence-corrected chi connectivity index (χ0v) is 15.3. The van der Waals surface area contributed by atoms with Gasteiger partial charge in [-0.1, -0.05) is 32.0 Å². The molecule has 2 rings (SSSR count). The lowest BCUT2D eigenvalue weighted by atomic mass is 10.1. The second-order valence-electron chi connectivity index (χ2n) is 6.29. The molecule has 0 aliphatic carbocycles. The van der Waals surface area contributed by atoms with Gasteiger partial charge in [0.05, 0.1) is 5.69 Å². The van der Waals surface area contributed by atoms with E-state index in [0.29, 0.717) is 19.1 Å². The van der Waals surface area contributed by atoms with E-state index in [0.717, 1.165) is 35.9 Å². The van der Waals surface area contributed by atoms with Crippen molar-refractivity contribution in [2.24, 2.45) is 10.9 Å². The van der Waals surface area contributed by atoms with E-state index in [4.69, 9.17) is 4.74 Å². The number of ether oxygens (including phenoxy) is 1. The lowest BCUT2D eigenvalue weighted by Gasteiger charge is -2.13. The van der Waals surface area contributed by atoms with Crippen molar-refractivity contribution >= 4 is 5.96 Å². The molecule has 0 unspecified atom stereocenters. The van der Waals surface area contributed by atoms with Gasteiger partial charge in [-0.05, 0) is 42.2 Å². The van der Waals surface area contributed by atoms with E-state index in [1.807, 2.05) is 36.4 Å². The highest BCUT2D eigenvalue weighted by atomic mass is 16.5. The minimum Gasteiger partial charge on any atom is -0.487 e. The molecule has 5 heteroatoms. The third-order valence-corrected chi connectivity index (χ3v) is 3.71. The molecule has 1 aromatic carbocycles. The van der Waals surface area contributed by atoms with E-state index in [-0.39, 0.29) is 0 Å². The number of rotatable bonds is 8. The number of hydrogen-bond donors (Lipinski definition) is 2. The van der Waals surface area contributed by atoms with Crippen molar-refractivity contribution in [2.45, 2.75) is 33.4 Å². The van der Waals surface area contributed by atoms with Crippen LogP contribution in [0.5, 0.6) is 5.75 Å².